The first kappa shape index (κ1) is 9.53. The SMILES string of the molecule is CC1CCN(c2ccc(Cl)cc2)C1=O. The van der Waals surface area contributed by atoms with Crippen molar-refractivity contribution in [2.24, 2.45) is 5.92 Å². The van der Waals surface area contributed by atoms with Gasteiger partial charge in [-0.2, -0.15) is 0 Å². The molecular weight excluding hydrogens is 198 g/mol. The van der Waals surface area contributed by atoms with E-state index in [0.29, 0.717) is 5.02 Å². The minimum Gasteiger partial charge on any atom is -0.312 e. The molecule has 2 nitrogen and oxygen atoms in total. The number of hydrogen-bond acceptors (Lipinski definition) is 1. The fraction of sp³-hybridized carbons (Fsp3) is 0.364. The van der Waals surface area contributed by atoms with Gasteiger partial charge in [0.25, 0.3) is 0 Å². The van der Waals surface area contributed by atoms with Crippen molar-refractivity contribution in [2.45, 2.75) is 13.3 Å². The quantitative estimate of drug-likeness (QED) is 0.697. The van der Waals surface area contributed by atoms with Crippen molar-refractivity contribution in [1.29, 1.82) is 0 Å². The average molecular weight is 210 g/mol. The van der Waals surface area contributed by atoms with Crippen LogP contribution in [0.4, 0.5) is 5.69 Å². The molecule has 1 unspecified atom stereocenters. The van der Waals surface area contributed by atoms with E-state index in [0.717, 1.165) is 18.7 Å². The van der Waals surface area contributed by atoms with Crippen molar-refractivity contribution in [2.75, 3.05) is 11.4 Å². The molecule has 1 aromatic rings. The van der Waals surface area contributed by atoms with E-state index in [1.807, 2.05) is 36.1 Å². The van der Waals surface area contributed by atoms with Gasteiger partial charge in [-0.15, -0.1) is 0 Å². The molecule has 1 fully saturated rings. The number of anilines is 1. The Hall–Kier alpha value is -1.02. The van der Waals surface area contributed by atoms with Gasteiger partial charge in [0, 0.05) is 23.2 Å². The zero-order chi connectivity index (χ0) is 10.1. The Morgan fingerprint density at radius 2 is 2.00 bits per heavy atom. The Bertz CT molecular complexity index is 347. The lowest BCUT2D eigenvalue weighted by atomic mass is 10.1. The molecule has 0 spiro atoms. The molecule has 3 heteroatoms. The number of carbonyl (C=O) groups is 1. The first-order valence-electron chi connectivity index (χ1n) is 4.75. The second-order valence-corrected chi connectivity index (χ2v) is 4.09. The molecule has 1 aromatic carbocycles. The number of carbonyl (C=O) groups excluding carboxylic acids is 1. The molecule has 14 heavy (non-hydrogen) atoms. The molecule has 0 bridgehead atoms. The van der Waals surface area contributed by atoms with Crippen LogP contribution in [0, 0.1) is 5.92 Å². The van der Waals surface area contributed by atoms with Crippen LogP contribution in [0.5, 0.6) is 0 Å². The molecule has 1 heterocycles. The summed E-state index contributed by atoms with van der Waals surface area (Å²) in [6.07, 6.45) is 0.946. The highest BCUT2D eigenvalue weighted by Crippen LogP contribution is 2.25. The van der Waals surface area contributed by atoms with Gasteiger partial charge in [-0.25, -0.2) is 0 Å². The van der Waals surface area contributed by atoms with Crippen LogP contribution in [0.3, 0.4) is 0 Å². The second kappa shape index (κ2) is 3.62. The number of halogens is 1. The van der Waals surface area contributed by atoms with Crippen molar-refractivity contribution >= 4 is 23.2 Å². The third-order valence-corrected chi connectivity index (χ3v) is 2.86. The van der Waals surface area contributed by atoms with E-state index in [1.54, 1.807) is 0 Å². The van der Waals surface area contributed by atoms with E-state index in [9.17, 15) is 4.79 Å². The van der Waals surface area contributed by atoms with Crippen LogP contribution in [0.25, 0.3) is 0 Å². The summed E-state index contributed by atoms with van der Waals surface area (Å²) in [5.74, 6) is 0.373. The molecule has 1 atom stereocenters. The third-order valence-electron chi connectivity index (χ3n) is 2.61. The second-order valence-electron chi connectivity index (χ2n) is 3.66. The largest absolute Gasteiger partial charge is 0.312 e. The van der Waals surface area contributed by atoms with E-state index in [4.69, 9.17) is 11.6 Å². The Kier molecular flexibility index (Phi) is 2.46. The van der Waals surface area contributed by atoms with Gasteiger partial charge in [0.2, 0.25) is 5.91 Å². The standard InChI is InChI=1S/C11H12ClNO/c1-8-6-7-13(11(8)14)10-4-2-9(12)3-5-10/h2-5,8H,6-7H2,1H3. The first-order chi connectivity index (χ1) is 6.68. The Morgan fingerprint density at radius 3 is 2.50 bits per heavy atom. The molecule has 0 aliphatic carbocycles. The average Bonchev–Trinajstić information content (AvgIpc) is 2.50. The van der Waals surface area contributed by atoms with Gasteiger partial charge in [0.1, 0.15) is 0 Å². The van der Waals surface area contributed by atoms with Crippen LogP contribution in [-0.2, 0) is 4.79 Å². The van der Waals surface area contributed by atoms with Gasteiger partial charge in [-0.1, -0.05) is 18.5 Å². The van der Waals surface area contributed by atoms with Crippen LogP contribution in [0.1, 0.15) is 13.3 Å². The lowest BCUT2D eigenvalue weighted by Gasteiger charge is -2.15. The summed E-state index contributed by atoms with van der Waals surface area (Å²) in [6.45, 7) is 2.79. The highest BCUT2D eigenvalue weighted by atomic mass is 35.5. The first-order valence-corrected chi connectivity index (χ1v) is 5.13. The minimum absolute atomic E-state index is 0.158. The molecule has 1 amide bonds. The fourth-order valence-electron chi connectivity index (χ4n) is 1.70. The summed E-state index contributed by atoms with van der Waals surface area (Å²) in [6, 6.07) is 7.40. The van der Waals surface area contributed by atoms with Gasteiger partial charge < -0.3 is 4.90 Å². The Labute approximate surface area is 88.5 Å². The molecule has 1 aliphatic heterocycles. The molecule has 1 saturated heterocycles. The van der Waals surface area contributed by atoms with Gasteiger partial charge in [-0.3, -0.25) is 4.79 Å². The number of nitrogens with zero attached hydrogens (tertiary/aromatic N) is 1. The van der Waals surface area contributed by atoms with Crippen LogP contribution >= 0.6 is 11.6 Å². The van der Waals surface area contributed by atoms with E-state index in [1.165, 1.54) is 0 Å². The van der Waals surface area contributed by atoms with Crippen molar-refractivity contribution in [3.8, 4) is 0 Å². The normalized spacial score (nSPS) is 21.7. The van der Waals surface area contributed by atoms with Crippen molar-refractivity contribution in [3.63, 3.8) is 0 Å². The lowest BCUT2D eigenvalue weighted by Crippen LogP contribution is -2.25. The predicted molar refractivity (Wildman–Crippen MR) is 57.6 cm³/mol. The maximum atomic E-state index is 11.7. The Morgan fingerprint density at radius 1 is 1.36 bits per heavy atom. The number of amides is 1. The Balaban J connectivity index is 2.24. The zero-order valence-electron chi connectivity index (χ0n) is 8.03. The zero-order valence-corrected chi connectivity index (χ0v) is 8.79. The fourth-order valence-corrected chi connectivity index (χ4v) is 1.83. The topological polar surface area (TPSA) is 20.3 Å². The maximum Gasteiger partial charge on any atom is 0.229 e. The molecular formula is C11H12ClNO. The van der Waals surface area contributed by atoms with Crippen LogP contribution < -0.4 is 4.90 Å². The summed E-state index contributed by atoms with van der Waals surface area (Å²) in [5.41, 5.74) is 0.948. The van der Waals surface area contributed by atoms with Crippen LogP contribution in [0.15, 0.2) is 24.3 Å². The number of rotatable bonds is 1. The minimum atomic E-state index is 0.158. The third kappa shape index (κ3) is 1.62. The summed E-state index contributed by atoms with van der Waals surface area (Å²) in [5, 5.41) is 0.702. The molecule has 0 N–H and O–H groups in total. The molecule has 1 aliphatic rings. The molecule has 74 valence electrons. The van der Waals surface area contributed by atoms with E-state index in [2.05, 4.69) is 0 Å². The van der Waals surface area contributed by atoms with Crippen LogP contribution in [-0.4, -0.2) is 12.5 Å². The smallest absolute Gasteiger partial charge is 0.229 e. The summed E-state index contributed by atoms with van der Waals surface area (Å²) in [4.78, 5) is 13.5. The molecule has 2 rings (SSSR count). The predicted octanol–water partition coefficient (Wildman–Crippen LogP) is 2.71. The number of hydrogen-bond donors (Lipinski definition) is 0. The van der Waals surface area contributed by atoms with Crippen LogP contribution in [0.2, 0.25) is 5.02 Å². The molecule has 0 radical (unpaired) electrons. The van der Waals surface area contributed by atoms with Gasteiger partial charge in [0.05, 0.1) is 0 Å². The van der Waals surface area contributed by atoms with Gasteiger partial charge in [0.15, 0.2) is 0 Å². The van der Waals surface area contributed by atoms with E-state index in [-0.39, 0.29) is 11.8 Å². The van der Waals surface area contributed by atoms with Crippen molar-refractivity contribution in [1.82, 2.24) is 0 Å². The molecule has 0 saturated carbocycles. The summed E-state index contributed by atoms with van der Waals surface area (Å²) < 4.78 is 0. The number of benzene rings is 1. The summed E-state index contributed by atoms with van der Waals surface area (Å²) in [7, 11) is 0. The lowest BCUT2D eigenvalue weighted by molar-refractivity contribution is -0.119. The maximum absolute atomic E-state index is 11.7. The highest BCUT2D eigenvalue weighted by molar-refractivity contribution is 6.30. The highest BCUT2D eigenvalue weighted by Gasteiger charge is 2.28. The van der Waals surface area contributed by atoms with Crippen molar-refractivity contribution < 1.29 is 4.79 Å². The summed E-state index contributed by atoms with van der Waals surface area (Å²) >= 11 is 5.78. The molecule has 0 aromatic heterocycles. The van der Waals surface area contributed by atoms with E-state index >= 15 is 0 Å². The van der Waals surface area contributed by atoms with Gasteiger partial charge in [-0.05, 0) is 30.7 Å². The monoisotopic (exact) mass is 209 g/mol. The van der Waals surface area contributed by atoms with Crippen molar-refractivity contribution in [3.05, 3.63) is 29.3 Å². The van der Waals surface area contributed by atoms with E-state index < -0.39 is 0 Å². The van der Waals surface area contributed by atoms with Gasteiger partial charge >= 0.3 is 0 Å².